The largest absolute Gasteiger partial charge is 0.379 e. The van der Waals surface area contributed by atoms with Crippen LogP contribution in [0.25, 0.3) is 0 Å². The lowest BCUT2D eigenvalue weighted by Crippen LogP contribution is -2.51. The van der Waals surface area contributed by atoms with E-state index >= 15 is 0 Å². The molecule has 19 heavy (non-hydrogen) atoms. The van der Waals surface area contributed by atoms with Crippen molar-refractivity contribution in [3.63, 3.8) is 0 Å². The Balaban J connectivity index is 2.04. The molecule has 0 bridgehead atoms. The van der Waals surface area contributed by atoms with Crippen molar-refractivity contribution in [1.82, 2.24) is 5.32 Å². The zero-order chi connectivity index (χ0) is 13.7. The summed E-state index contributed by atoms with van der Waals surface area (Å²) in [7, 11) is 0. The molecule has 1 saturated heterocycles. The highest BCUT2D eigenvalue weighted by Crippen LogP contribution is 2.19. The van der Waals surface area contributed by atoms with Gasteiger partial charge in [-0.3, -0.25) is 4.79 Å². The van der Waals surface area contributed by atoms with E-state index in [4.69, 9.17) is 10.5 Å². The Morgan fingerprint density at radius 3 is 3.05 bits per heavy atom. The van der Waals surface area contributed by atoms with Crippen LogP contribution in [0.2, 0.25) is 0 Å². The van der Waals surface area contributed by atoms with E-state index < -0.39 is 0 Å². The van der Waals surface area contributed by atoms with E-state index in [-0.39, 0.29) is 11.4 Å². The van der Waals surface area contributed by atoms with E-state index in [0.29, 0.717) is 18.7 Å². The molecule has 3 N–H and O–H groups in total. The number of benzene rings is 1. The number of amides is 1. The SMILES string of the molecule is CC1(NC(=O)c2cccc(CCN)c2)CCCOC1. The molecule has 104 valence electrons. The van der Waals surface area contributed by atoms with Gasteiger partial charge >= 0.3 is 0 Å². The van der Waals surface area contributed by atoms with Crippen molar-refractivity contribution in [2.24, 2.45) is 5.73 Å². The number of ether oxygens (including phenoxy) is 1. The minimum atomic E-state index is -0.251. The van der Waals surface area contributed by atoms with Gasteiger partial charge < -0.3 is 15.8 Å². The highest BCUT2D eigenvalue weighted by molar-refractivity contribution is 5.94. The number of carbonyl (C=O) groups is 1. The summed E-state index contributed by atoms with van der Waals surface area (Å²) in [5.74, 6) is -0.0353. The molecule has 0 saturated carbocycles. The summed E-state index contributed by atoms with van der Waals surface area (Å²) in [5.41, 5.74) is 7.08. The van der Waals surface area contributed by atoms with Crippen molar-refractivity contribution in [2.75, 3.05) is 19.8 Å². The molecule has 0 radical (unpaired) electrons. The van der Waals surface area contributed by atoms with Crippen LogP contribution in [0.5, 0.6) is 0 Å². The van der Waals surface area contributed by atoms with Gasteiger partial charge in [0, 0.05) is 12.2 Å². The van der Waals surface area contributed by atoms with Gasteiger partial charge in [-0.05, 0) is 50.4 Å². The van der Waals surface area contributed by atoms with Gasteiger partial charge in [-0.2, -0.15) is 0 Å². The Morgan fingerprint density at radius 2 is 2.37 bits per heavy atom. The Morgan fingerprint density at radius 1 is 1.53 bits per heavy atom. The highest BCUT2D eigenvalue weighted by Gasteiger charge is 2.29. The monoisotopic (exact) mass is 262 g/mol. The molecule has 4 nitrogen and oxygen atoms in total. The predicted octanol–water partition coefficient (Wildman–Crippen LogP) is 1.49. The number of hydrogen-bond donors (Lipinski definition) is 2. The zero-order valence-electron chi connectivity index (χ0n) is 11.4. The van der Waals surface area contributed by atoms with Gasteiger partial charge in [0.25, 0.3) is 5.91 Å². The van der Waals surface area contributed by atoms with Crippen LogP contribution in [0.15, 0.2) is 24.3 Å². The maximum atomic E-state index is 12.3. The first-order valence-electron chi connectivity index (χ1n) is 6.82. The Kier molecular flexibility index (Phi) is 4.56. The summed E-state index contributed by atoms with van der Waals surface area (Å²) in [6.07, 6.45) is 2.74. The van der Waals surface area contributed by atoms with Gasteiger partial charge in [-0.25, -0.2) is 0 Å². The minimum absolute atomic E-state index is 0.0353. The zero-order valence-corrected chi connectivity index (χ0v) is 11.4. The van der Waals surface area contributed by atoms with Crippen LogP contribution < -0.4 is 11.1 Å². The first kappa shape index (κ1) is 14.0. The molecule has 0 aromatic heterocycles. The topological polar surface area (TPSA) is 64.4 Å². The third kappa shape index (κ3) is 3.78. The van der Waals surface area contributed by atoms with Gasteiger partial charge in [0.15, 0.2) is 0 Å². The normalized spacial score (nSPS) is 23.1. The molecule has 0 aliphatic carbocycles. The average Bonchev–Trinajstić information content (AvgIpc) is 2.40. The first-order chi connectivity index (χ1) is 9.13. The molecule has 1 amide bonds. The van der Waals surface area contributed by atoms with Gasteiger partial charge in [0.05, 0.1) is 12.1 Å². The van der Waals surface area contributed by atoms with E-state index in [0.717, 1.165) is 31.4 Å². The molecule has 1 aliphatic rings. The Bertz CT molecular complexity index is 440. The van der Waals surface area contributed by atoms with Crippen LogP contribution in [0.3, 0.4) is 0 Å². The van der Waals surface area contributed by atoms with E-state index in [2.05, 4.69) is 5.32 Å². The molecule has 1 unspecified atom stereocenters. The minimum Gasteiger partial charge on any atom is -0.379 e. The second kappa shape index (κ2) is 6.17. The van der Waals surface area contributed by atoms with Crippen LogP contribution in [0.1, 0.15) is 35.7 Å². The van der Waals surface area contributed by atoms with Crippen LogP contribution in [0, 0.1) is 0 Å². The molecular weight excluding hydrogens is 240 g/mol. The molecule has 1 aliphatic heterocycles. The Hall–Kier alpha value is -1.39. The van der Waals surface area contributed by atoms with Crippen molar-refractivity contribution in [3.05, 3.63) is 35.4 Å². The van der Waals surface area contributed by atoms with E-state index in [9.17, 15) is 4.79 Å². The molecule has 1 heterocycles. The number of rotatable bonds is 4. The molecule has 4 heteroatoms. The first-order valence-corrected chi connectivity index (χ1v) is 6.82. The van der Waals surface area contributed by atoms with Gasteiger partial charge in [0.2, 0.25) is 0 Å². The molecule has 1 aromatic carbocycles. The number of nitrogens with two attached hydrogens (primary N) is 1. The lowest BCUT2D eigenvalue weighted by atomic mass is 9.94. The number of hydrogen-bond acceptors (Lipinski definition) is 3. The maximum Gasteiger partial charge on any atom is 0.251 e. The quantitative estimate of drug-likeness (QED) is 0.864. The van der Waals surface area contributed by atoms with Crippen LogP contribution in [-0.2, 0) is 11.2 Å². The van der Waals surface area contributed by atoms with Gasteiger partial charge in [0.1, 0.15) is 0 Å². The highest BCUT2D eigenvalue weighted by atomic mass is 16.5. The van der Waals surface area contributed by atoms with Crippen LogP contribution in [0.4, 0.5) is 0 Å². The van der Waals surface area contributed by atoms with Crippen molar-refractivity contribution in [3.8, 4) is 0 Å². The van der Waals surface area contributed by atoms with E-state index in [1.165, 1.54) is 0 Å². The number of nitrogens with one attached hydrogen (secondary N) is 1. The fraction of sp³-hybridized carbons (Fsp3) is 0.533. The summed E-state index contributed by atoms with van der Waals surface area (Å²) < 4.78 is 5.45. The predicted molar refractivity (Wildman–Crippen MR) is 75.1 cm³/mol. The van der Waals surface area contributed by atoms with Crippen molar-refractivity contribution in [2.45, 2.75) is 31.7 Å². The van der Waals surface area contributed by atoms with Crippen molar-refractivity contribution < 1.29 is 9.53 Å². The van der Waals surface area contributed by atoms with Gasteiger partial charge in [-0.15, -0.1) is 0 Å². The fourth-order valence-corrected chi connectivity index (χ4v) is 2.41. The smallest absolute Gasteiger partial charge is 0.251 e. The molecule has 2 rings (SSSR count). The lowest BCUT2D eigenvalue weighted by molar-refractivity contribution is 0.0272. The van der Waals surface area contributed by atoms with Gasteiger partial charge in [-0.1, -0.05) is 12.1 Å². The van der Waals surface area contributed by atoms with Crippen LogP contribution >= 0.6 is 0 Å². The van der Waals surface area contributed by atoms with E-state index in [1.807, 2.05) is 31.2 Å². The summed E-state index contributed by atoms with van der Waals surface area (Å²) in [4.78, 5) is 12.3. The lowest BCUT2D eigenvalue weighted by Gasteiger charge is -2.34. The van der Waals surface area contributed by atoms with Crippen molar-refractivity contribution >= 4 is 5.91 Å². The maximum absolute atomic E-state index is 12.3. The van der Waals surface area contributed by atoms with Crippen LogP contribution in [-0.4, -0.2) is 31.2 Å². The molecule has 0 spiro atoms. The molecule has 1 atom stereocenters. The average molecular weight is 262 g/mol. The molecule has 1 aromatic rings. The summed E-state index contributed by atoms with van der Waals surface area (Å²) in [5, 5.41) is 3.09. The standard InChI is InChI=1S/C15H22N2O2/c1-15(7-3-9-19-11-15)17-14(18)13-5-2-4-12(10-13)6-8-16/h2,4-5,10H,3,6-9,11,16H2,1H3,(H,17,18). The molecular formula is C15H22N2O2. The van der Waals surface area contributed by atoms with E-state index in [1.54, 1.807) is 0 Å². The molecule has 1 fully saturated rings. The third-order valence-corrected chi connectivity index (χ3v) is 3.48. The Labute approximate surface area is 114 Å². The number of carbonyl (C=O) groups excluding carboxylic acids is 1. The third-order valence-electron chi connectivity index (χ3n) is 3.48. The summed E-state index contributed by atoms with van der Waals surface area (Å²) >= 11 is 0. The summed E-state index contributed by atoms with van der Waals surface area (Å²) in [6, 6.07) is 7.65. The summed E-state index contributed by atoms with van der Waals surface area (Å²) in [6.45, 7) is 4.00. The second-order valence-corrected chi connectivity index (χ2v) is 5.41. The van der Waals surface area contributed by atoms with Crippen molar-refractivity contribution in [1.29, 1.82) is 0 Å². The fourth-order valence-electron chi connectivity index (χ4n) is 2.41. The second-order valence-electron chi connectivity index (χ2n) is 5.41.